The largest absolute Gasteiger partial charge is 0.399 e. The van der Waals surface area contributed by atoms with Crippen LogP contribution in [0.4, 0.5) is 11.4 Å². The van der Waals surface area contributed by atoms with E-state index in [4.69, 9.17) is 5.73 Å². The number of unbranched alkanes of at least 4 members (excludes halogenated alkanes) is 7. The summed E-state index contributed by atoms with van der Waals surface area (Å²) in [6, 6.07) is 7.96. The van der Waals surface area contributed by atoms with Gasteiger partial charge in [0.15, 0.2) is 0 Å². The first kappa shape index (κ1) is 14.9. The van der Waals surface area contributed by atoms with Gasteiger partial charge in [0.2, 0.25) is 0 Å². The zero-order valence-corrected chi connectivity index (χ0v) is 11.8. The fraction of sp³-hybridized carbons (Fsp3) is 0.625. The predicted octanol–water partition coefficient (Wildman–Crippen LogP) is 4.82. The molecular formula is C16H28N2. The van der Waals surface area contributed by atoms with E-state index < -0.39 is 0 Å². The van der Waals surface area contributed by atoms with Crippen LogP contribution in [0.1, 0.15) is 58.3 Å². The molecule has 3 N–H and O–H groups in total. The van der Waals surface area contributed by atoms with Gasteiger partial charge in [-0.3, -0.25) is 0 Å². The van der Waals surface area contributed by atoms with Crippen molar-refractivity contribution < 1.29 is 0 Å². The minimum absolute atomic E-state index is 0.827. The van der Waals surface area contributed by atoms with Crippen molar-refractivity contribution in [1.82, 2.24) is 0 Å². The number of hydrogen-bond donors (Lipinski definition) is 2. The first-order valence-corrected chi connectivity index (χ1v) is 7.42. The highest BCUT2D eigenvalue weighted by atomic mass is 14.9. The highest BCUT2D eigenvalue weighted by Crippen LogP contribution is 2.11. The Bertz CT molecular complexity index is 292. The van der Waals surface area contributed by atoms with Crippen molar-refractivity contribution in [3.05, 3.63) is 24.3 Å². The normalized spacial score (nSPS) is 10.5. The third-order valence-electron chi connectivity index (χ3n) is 3.27. The Morgan fingerprint density at radius 3 is 2.00 bits per heavy atom. The molecule has 102 valence electrons. The Kier molecular flexibility index (Phi) is 8.11. The zero-order valence-electron chi connectivity index (χ0n) is 11.8. The van der Waals surface area contributed by atoms with Crippen LogP contribution < -0.4 is 11.1 Å². The van der Waals surface area contributed by atoms with E-state index in [2.05, 4.69) is 12.2 Å². The quantitative estimate of drug-likeness (QED) is 0.460. The van der Waals surface area contributed by atoms with Gasteiger partial charge in [-0.2, -0.15) is 0 Å². The van der Waals surface area contributed by atoms with E-state index in [9.17, 15) is 0 Å². The molecule has 2 nitrogen and oxygen atoms in total. The molecule has 0 heterocycles. The maximum atomic E-state index is 5.64. The Morgan fingerprint density at radius 2 is 1.39 bits per heavy atom. The standard InChI is InChI=1S/C16H28N2/c1-2-3-4-5-6-7-8-9-14-18-16-12-10-15(17)11-13-16/h10-13,18H,2-9,14,17H2,1H3. The summed E-state index contributed by atoms with van der Waals surface area (Å²) in [6.07, 6.45) is 11.0. The van der Waals surface area contributed by atoms with Gasteiger partial charge in [0.25, 0.3) is 0 Å². The Labute approximate surface area is 112 Å². The lowest BCUT2D eigenvalue weighted by Gasteiger charge is -2.06. The van der Waals surface area contributed by atoms with Crippen LogP contribution in [0.25, 0.3) is 0 Å². The van der Waals surface area contributed by atoms with Gasteiger partial charge in [-0.1, -0.05) is 51.9 Å². The average Bonchev–Trinajstić information content (AvgIpc) is 2.39. The summed E-state index contributed by atoms with van der Waals surface area (Å²) in [7, 11) is 0. The maximum Gasteiger partial charge on any atom is 0.0341 e. The first-order valence-electron chi connectivity index (χ1n) is 7.42. The second-order valence-electron chi connectivity index (χ2n) is 5.02. The van der Waals surface area contributed by atoms with Gasteiger partial charge in [-0.25, -0.2) is 0 Å². The zero-order chi connectivity index (χ0) is 13.1. The van der Waals surface area contributed by atoms with Gasteiger partial charge < -0.3 is 11.1 Å². The van der Waals surface area contributed by atoms with Crippen molar-refractivity contribution in [2.24, 2.45) is 0 Å². The molecule has 0 spiro atoms. The van der Waals surface area contributed by atoms with Crippen LogP contribution in [-0.2, 0) is 0 Å². The minimum atomic E-state index is 0.827. The van der Waals surface area contributed by atoms with Crippen LogP contribution in [-0.4, -0.2) is 6.54 Å². The van der Waals surface area contributed by atoms with E-state index in [0.29, 0.717) is 0 Å². The van der Waals surface area contributed by atoms with E-state index in [1.165, 1.54) is 57.1 Å². The van der Waals surface area contributed by atoms with Crippen LogP contribution in [0.15, 0.2) is 24.3 Å². The van der Waals surface area contributed by atoms with Gasteiger partial charge in [-0.05, 0) is 30.7 Å². The van der Waals surface area contributed by atoms with Gasteiger partial charge in [0.05, 0.1) is 0 Å². The molecular weight excluding hydrogens is 220 g/mol. The highest BCUT2D eigenvalue weighted by molar-refractivity contribution is 5.50. The fourth-order valence-electron chi connectivity index (χ4n) is 2.09. The van der Waals surface area contributed by atoms with E-state index in [1.807, 2.05) is 24.3 Å². The average molecular weight is 248 g/mol. The number of nitrogens with one attached hydrogen (secondary N) is 1. The molecule has 0 radical (unpaired) electrons. The van der Waals surface area contributed by atoms with Crippen molar-refractivity contribution in [3.63, 3.8) is 0 Å². The van der Waals surface area contributed by atoms with Crippen LogP contribution in [0.5, 0.6) is 0 Å². The lowest BCUT2D eigenvalue weighted by atomic mass is 10.1. The van der Waals surface area contributed by atoms with Crippen molar-refractivity contribution >= 4 is 11.4 Å². The molecule has 0 fully saturated rings. The molecule has 0 saturated carbocycles. The number of benzene rings is 1. The van der Waals surface area contributed by atoms with Crippen molar-refractivity contribution in [1.29, 1.82) is 0 Å². The Hall–Kier alpha value is -1.18. The lowest BCUT2D eigenvalue weighted by Crippen LogP contribution is -2.01. The summed E-state index contributed by atoms with van der Waals surface area (Å²) in [5.74, 6) is 0. The molecule has 0 bridgehead atoms. The van der Waals surface area contributed by atoms with E-state index >= 15 is 0 Å². The lowest BCUT2D eigenvalue weighted by molar-refractivity contribution is 0.581. The molecule has 1 rings (SSSR count). The third kappa shape index (κ3) is 7.21. The Morgan fingerprint density at radius 1 is 0.833 bits per heavy atom. The van der Waals surface area contributed by atoms with Gasteiger partial charge >= 0.3 is 0 Å². The molecule has 0 saturated heterocycles. The molecule has 0 aliphatic carbocycles. The van der Waals surface area contributed by atoms with Gasteiger partial charge in [-0.15, -0.1) is 0 Å². The third-order valence-corrected chi connectivity index (χ3v) is 3.27. The number of anilines is 2. The fourth-order valence-corrected chi connectivity index (χ4v) is 2.09. The number of hydrogen-bond acceptors (Lipinski definition) is 2. The summed E-state index contributed by atoms with van der Waals surface area (Å²) in [4.78, 5) is 0. The minimum Gasteiger partial charge on any atom is -0.399 e. The second-order valence-corrected chi connectivity index (χ2v) is 5.02. The monoisotopic (exact) mass is 248 g/mol. The van der Waals surface area contributed by atoms with Crippen LogP contribution in [0.2, 0.25) is 0 Å². The molecule has 0 unspecified atom stereocenters. The summed E-state index contributed by atoms with van der Waals surface area (Å²) >= 11 is 0. The van der Waals surface area contributed by atoms with E-state index in [1.54, 1.807) is 0 Å². The van der Waals surface area contributed by atoms with E-state index in [-0.39, 0.29) is 0 Å². The molecule has 0 aliphatic rings. The van der Waals surface area contributed by atoms with Gasteiger partial charge in [0, 0.05) is 17.9 Å². The first-order chi connectivity index (χ1) is 8.83. The molecule has 1 aromatic rings. The SMILES string of the molecule is CCCCCCCCCCNc1ccc(N)cc1. The predicted molar refractivity (Wildman–Crippen MR) is 82.0 cm³/mol. The van der Waals surface area contributed by atoms with Crippen LogP contribution in [0, 0.1) is 0 Å². The van der Waals surface area contributed by atoms with Crippen LogP contribution >= 0.6 is 0 Å². The molecule has 0 atom stereocenters. The van der Waals surface area contributed by atoms with Crippen molar-refractivity contribution in [2.45, 2.75) is 58.3 Å². The molecule has 18 heavy (non-hydrogen) atoms. The van der Waals surface area contributed by atoms with Gasteiger partial charge in [0.1, 0.15) is 0 Å². The molecule has 0 aliphatic heterocycles. The maximum absolute atomic E-state index is 5.64. The van der Waals surface area contributed by atoms with E-state index in [0.717, 1.165) is 12.2 Å². The summed E-state index contributed by atoms with van der Waals surface area (Å²) < 4.78 is 0. The summed E-state index contributed by atoms with van der Waals surface area (Å²) in [5, 5.41) is 3.43. The second kappa shape index (κ2) is 9.81. The summed E-state index contributed by atoms with van der Waals surface area (Å²) in [5.41, 5.74) is 7.64. The molecule has 1 aromatic carbocycles. The Balaban J connectivity index is 1.91. The molecule has 2 heteroatoms. The number of nitrogens with two attached hydrogens (primary N) is 1. The van der Waals surface area contributed by atoms with Crippen LogP contribution in [0.3, 0.4) is 0 Å². The molecule has 0 amide bonds. The number of nitrogen functional groups attached to an aromatic ring is 1. The topological polar surface area (TPSA) is 38.0 Å². The summed E-state index contributed by atoms with van der Waals surface area (Å²) in [6.45, 7) is 3.34. The number of rotatable bonds is 10. The molecule has 0 aromatic heterocycles. The smallest absolute Gasteiger partial charge is 0.0341 e. The van der Waals surface area contributed by atoms with Crippen molar-refractivity contribution in [3.8, 4) is 0 Å². The van der Waals surface area contributed by atoms with Crippen molar-refractivity contribution in [2.75, 3.05) is 17.6 Å². The highest BCUT2D eigenvalue weighted by Gasteiger charge is 1.93.